The number of benzene rings is 1. The summed E-state index contributed by atoms with van der Waals surface area (Å²) in [4.78, 5) is 14.1. The van der Waals surface area contributed by atoms with Crippen molar-refractivity contribution >= 4 is 33.1 Å². The van der Waals surface area contributed by atoms with Crippen molar-refractivity contribution in [3.05, 3.63) is 41.0 Å². The molecule has 0 atom stereocenters. The van der Waals surface area contributed by atoms with Gasteiger partial charge in [0.25, 0.3) is 0 Å². The molecule has 2 aliphatic heterocycles. The van der Waals surface area contributed by atoms with E-state index in [4.69, 9.17) is 4.74 Å². The van der Waals surface area contributed by atoms with Gasteiger partial charge >= 0.3 is 6.18 Å². The maximum absolute atomic E-state index is 12.9. The number of ether oxygens (including phenoxy) is 1. The zero-order chi connectivity index (χ0) is 27.2. The second-order valence-electron chi connectivity index (χ2n) is 11.3. The third-order valence-corrected chi connectivity index (χ3v) is 9.31. The van der Waals surface area contributed by atoms with E-state index in [0.717, 1.165) is 81.1 Å². The third-order valence-electron chi connectivity index (χ3n) is 8.26. The summed E-state index contributed by atoms with van der Waals surface area (Å²) < 4.78 is 45.0. The Kier molecular flexibility index (Phi) is 6.79. The van der Waals surface area contributed by atoms with Gasteiger partial charge < -0.3 is 19.9 Å². The van der Waals surface area contributed by atoms with Crippen LogP contribution in [0.3, 0.4) is 0 Å². The number of hydrogen-bond donors (Lipinski definition) is 1. The summed E-state index contributed by atoms with van der Waals surface area (Å²) in [5.74, 6) is 1.38. The molecule has 0 bridgehead atoms. The maximum Gasteiger partial charge on any atom is 0.393 e. The molecular weight excluding hydrogens is 525 g/mol. The molecule has 206 valence electrons. The van der Waals surface area contributed by atoms with Crippen molar-refractivity contribution in [1.82, 2.24) is 14.9 Å². The lowest BCUT2D eigenvalue weighted by atomic mass is 9.65. The number of aromatic nitrogens is 2. The van der Waals surface area contributed by atoms with Gasteiger partial charge in [-0.25, -0.2) is 9.97 Å². The van der Waals surface area contributed by atoms with Gasteiger partial charge in [-0.3, -0.25) is 0 Å². The molecule has 6 rings (SSSR count). The van der Waals surface area contributed by atoms with Crippen LogP contribution < -0.4 is 15.0 Å². The first kappa shape index (κ1) is 26.1. The number of nitriles is 1. The highest BCUT2D eigenvalue weighted by molar-refractivity contribution is 7.18. The van der Waals surface area contributed by atoms with Crippen LogP contribution in [0.25, 0.3) is 10.2 Å². The van der Waals surface area contributed by atoms with E-state index in [9.17, 15) is 18.4 Å². The van der Waals surface area contributed by atoms with Gasteiger partial charge in [-0.15, -0.1) is 11.3 Å². The summed E-state index contributed by atoms with van der Waals surface area (Å²) in [6, 6.07) is 9.90. The lowest BCUT2D eigenvalue weighted by molar-refractivity contribution is -0.126. The Morgan fingerprint density at radius 1 is 1.18 bits per heavy atom. The molecular formula is C28H31F3N6OS. The molecule has 1 aromatic carbocycles. The predicted molar refractivity (Wildman–Crippen MR) is 145 cm³/mol. The summed E-state index contributed by atoms with van der Waals surface area (Å²) in [6.07, 6.45) is 1.34. The molecule has 2 saturated heterocycles. The molecule has 1 N–H and O–H groups in total. The average Bonchev–Trinajstić information content (AvgIpc) is 3.48. The molecule has 2 aromatic heterocycles. The summed E-state index contributed by atoms with van der Waals surface area (Å²) in [6.45, 7) is 3.65. The van der Waals surface area contributed by atoms with Crippen LogP contribution in [0.5, 0.6) is 5.75 Å². The van der Waals surface area contributed by atoms with Crippen LogP contribution in [-0.2, 0) is 6.42 Å². The van der Waals surface area contributed by atoms with E-state index in [0.29, 0.717) is 27.6 Å². The fourth-order valence-electron chi connectivity index (χ4n) is 6.29. The first-order valence-corrected chi connectivity index (χ1v) is 14.2. The molecule has 3 aliphatic rings. The summed E-state index contributed by atoms with van der Waals surface area (Å²) in [5, 5.41) is 13.9. The standard InChI is InChI=1S/C28H31F3N6OS/c1-36-7-4-21(5-8-36)38-24-10-19(3-2-18(24)15-32)35-20-12-27(13-20)6-9-37(16-27)25-23-11-22(14-28(29,30)31)39-26(23)34-17-33-25/h2-3,10-11,17,20-21,35H,4-9,12-14,16H2,1H3. The normalized spacial score (nSPS) is 24.2. The molecule has 7 nitrogen and oxygen atoms in total. The molecule has 0 amide bonds. The van der Waals surface area contributed by atoms with Crippen LogP contribution >= 0.6 is 11.3 Å². The molecule has 4 heterocycles. The Labute approximate surface area is 229 Å². The minimum Gasteiger partial charge on any atom is -0.489 e. The Morgan fingerprint density at radius 3 is 2.72 bits per heavy atom. The van der Waals surface area contributed by atoms with E-state index < -0.39 is 12.6 Å². The van der Waals surface area contributed by atoms with Crippen LogP contribution in [0.4, 0.5) is 24.7 Å². The minimum atomic E-state index is -4.24. The van der Waals surface area contributed by atoms with E-state index in [1.807, 2.05) is 18.2 Å². The van der Waals surface area contributed by atoms with Crippen molar-refractivity contribution in [1.29, 1.82) is 5.26 Å². The molecule has 3 fully saturated rings. The monoisotopic (exact) mass is 556 g/mol. The molecule has 11 heteroatoms. The average molecular weight is 557 g/mol. The number of likely N-dealkylation sites (tertiary alicyclic amines) is 1. The number of hydrogen-bond acceptors (Lipinski definition) is 8. The molecule has 3 aromatic rings. The lowest BCUT2D eigenvalue weighted by Crippen LogP contribution is -2.46. The molecule has 0 radical (unpaired) electrons. The zero-order valence-corrected chi connectivity index (χ0v) is 22.6. The Hall–Kier alpha value is -3.10. The third kappa shape index (κ3) is 5.63. The second-order valence-corrected chi connectivity index (χ2v) is 12.4. The van der Waals surface area contributed by atoms with Crippen LogP contribution in [-0.4, -0.2) is 66.4 Å². The number of halogens is 3. The van der Waals surface area contributed by atoms with Crippen molar-refractivity contribution in [3.63, 3.8) is 0 Å². The number of thiophene rings is 1. The quantitative estimate of drug-likeness (QED) is 0.423. The summed E-state index contributed by atoms with van der Waals surface area (Å²) in [7, 11) is 2.11. The van der Waals surface area contributed by atoms with Gasteiger partial charge in [0.05, 0.1) is 17.4 Å². The Morgan fingerprint density at radius 2 is 1.97 bits per heavy atom. The van der Waals surface area contributed by atoms with E-state index in [2.05, 4.69) is 38.2 Å². The number of alkyl halides is 3. The first-order chi connectivity index (χ1) is 18.7. The van der Waals surface area contributed by atoms with Crippen molar-refractivity contribution < 1.29 is 17.9 Å². The van der Waals surface area contributed by atoms with E-state index in [1.165, 1.54) is 6.33 Å². The second kappa shape index (κ2) is 10.1. The highest BCUT2D eigenvalue weighted by atomic mass is 32.1. The van der Waals surface area contributed by atoms with Crippen molar-refractivity contribution in [2.45, 2.75) is 56.8 Å². The topological polar surface area (TPSA) is 77.3 Å². The fraction of sp³-hybridized carbons (Fsp3) is 0.536. The zero-order valence-electron chi connectivity index (χ0n) is 21.8. The highest BCUT2D eigenvalue weighted by Gasteiger charge is 2.49. The van der Waals surface area contributed by atoms with Gasteiger partial charge in [0.2, 0.25) is 0 Å². The number of anilines is 2. The van der Waals surface area contributed by atoms with Gasteiger partial charge in [0, 0.05) is 48.9 Å². The number of nitrogens with zero attached hydrogens (tertiary/aromatic N) is 5. The number of fused-ring (bicyclic) bond motifs is 1. The number of piperidine rings is 1. The SMILES string of the molecule is CN1CCC(Oc2cc(NC3CC4(CCN(c5ncnc6sc(CC(F)(F)F)cc56)C4)C3)ccc2C#N)CC1. The van der Waals surface area contributed by atoms with E-state index >= 15 is 0 Å². The largest absolute Gasteiger partial charge is 0.489 e. The van der Waals surface area contributed by atoms with Gasteiger partial charge in [-0.1, -0.05) is 0 Å². The Balaban J connectivity index is 1.09. The van der Waals surface area contributed by atoms with E-state index in [-0.39, 0.29) is 16.4 Å². The Bertz CT molecular complexity index is 1390. The molecule has 1 spiro atoms. The maximum atomic E-state index is 12.9. The summed E-state index contributed by atoms with van der Waals surface area (Å²) in [5.41, 5.74) is 1.68. The van der Waals surface area contributed by atoms with Gasteiger partial charge in [-0.2, -0.15) is 18.4 Å². The molecule has 1 aliphatic carbocycles. The van der Waals surface area contributed by atoms with Crippen LogP contribution in [0, 0.1) is 16.7 Å². The number of rotatable bonds is 6. The van der Waals surface area contributed by atoms with E-state index in [1.54, 1.807) is 6.07 Å². The van der Waals surface area contributed by atoms with Crippen molar-refractivity contribution in [3.8, 4) is 11.8 Å². The lowest BCUT2D eigenvalue weighted by Gasteiger charge is -2.46. The van der Waals surface area contributed by atoms with Crippen molar-refractivity contribution in [2.75, 3.05) is 43.4 Å². The van der Waals surface area contributed by atoms with Crippen LogP contribution in [0.15, 0.2) is 30.6 Å². The van der Waals surface area contributed by atoms with Crippen LogP contribution in [0.2, 0.25) is 0 Å². The van der Waals surface area contributed by atoms with Crippen LogP contribution in [0.1, 0.15) is 42.5 Å². The first-order valence-electron chi connectivity index (χ1n) is 13.4. The highest BCUT2D eigenvalue weighted by Crippen LogP contribution is 2.50. The molecule has 0 unspecified atom stereocenters. The number of nitrogens with one attached hydrogen (secondary N) is 1. The molecule has 39 heavy (non-hydrogen) atoms. The smallest absolute Gasteiger partial charge is 0.393 e. The molecule has 1 saturated carbocycles. The fourth-order valence-corrected chi connectivity index (χ4v) is 7.31. The predicted octanol–water partition coefficient (Wildman–Crippen LogP) is 5.61. The van der Waals surface area contributed by atoms with Crippen molar-refractivity contribution in [2.24, 2.45) is 5.41 Å². The minimum absolute atomic E-state index is 0.126. The van der Waals surface area contributed by atoms with Gasteiger partial charge in [0.1, 0.15) is 34.9 Å². The van der Waals surface area contributed by atoms with Gasteiger partial charge in [0.15, 0.2) is 0 Å². The van der Waals surface area contributed by atoms with Gasteiger partial charge in [-0.05, 0) is 62.8 Å². The summed E-state index contributed by atoms with van der Waals surface area (Å²) >= 11 is 1.09.